The molecule has 0 saturated carbocycles. The zero-order chi connectivity index (χ0) is 13.1. The summed E-state index contributed by atoms with van der Waals surface area (Å²) in [6.45, 7) is 1.89. The van der Waals surface area contributed by atoms with Gasteiger partial charge in [0.25, 0.3) is 5.91 Å². The average molecular weight is 247 g/mol. The van der Waals surface area contributed by atoms with Gasteiger partial charge in [0, 0.05) is 5.69 Å². The second-order valence-electron chi connectivity index (χ2n) is 3.68. The molecule has 0 bridgehead atoms. The smallest absolute Gasteiger partial charge is 0.293 e. The van der Waals surface area contributed by atoms with Gasteiger partial charge in [0.15, 0.2) is 0 Å². The summed E-state index contributed by atoms with van der Waals surface area (Å²) in [6.07, 6.45) is 0. The second kappa shape index (κ2) is 4.74. The Morgan fingerprint density at radius 2 is 2.28 bits per heavy atom. The van der Waals surface area contributed by atoms with Crippen LogP contribution in [0.2, 0.25) is 0 Å². The van der Waals surface area contributed by atoms with Gasteiger partial charge in [-0.2, -0.15) is 4.98 Å². The number of nitrogens with two attached hydrogens (primary N) is 1. The Labute approximate surface area is 103 Å². The van der Waals surface area contributed by atoms with Crippen LogP contribution in [0.3, 0.4) is 0 Å². The Kier molecular flexibility index (Phi) is 3.13. The molecule has 1 aromatic carbocycles. The minimum Gasteiger partial charge on any atom is -0.496 e. The first-order valence-electron chi connectivity index (χ1n) is 5.24. The molecule has 0 unspecified atom stereocenters. The molecule has 0 spiro atoms. The van der Waals surface area contributed by atoms with Gasteiger partial charge in [-0.25, -0.2) is 0 Å². The summed E-state index contributed by atoms with van der Waals surface area (Å²) in [7, 11) is 1.60. The van der Waals surface area contributed by atoms with Crippen molar-refractivity contribution in [3.63, 3.8) is 0 Å². The van der Waals surface area contributed by atoms with E-state index < -0.39 is 5.91 Å². The van der Waals surface area contributed by atoms with E-state index in [-0.39, 0.29) is 11.8 Å². The van der Waals surface area contributed by atoms with Crippen LogP contribution in [0, 0.1) is 6.92 Å². The minimum atomic E-state index is -0.399. The lowest BCUT2D eigenvalue weighted by Crippen LogP contribution is -2.14. The van der Waals surface area contributed by atoms with Crippen molar-refractivity contribution >= 4 is 17.5 Å². The maximum atomic E-state index is 11.8. The number of aromatic amines is 1. The number of H-pyrrole nitrogens is 1. The number of anilines is 2. The van der Waals surface area contributed by atoms with Crippen LogP contribution in [0.15, 0.2) is 18.2 Å². The Balaban J connectivity index is 2.14. The number of aryl methyl sites for hydroxylation is 1. The molecule has 0 aliphatic rings. The van der Waals surface area contributed by atoms with Gasteiger partial charge in [-0.3, -0.25) is 9.89 Å². The highest BCUT2D eigenvalue weighted by molar-refractivity contribution is 6.01. The standard InChI is InChI=1S/C11H13N5O2/c1-6-5-7(3-4-8(6)18-2)13-10(17)9-14-11(12)16-15-9/h3-5H,1-2H3,(H,13,17)(H3,12,14,15,16). The van der Waals surface area contributed by atoms with Crippen molar-refractivity contribution in [1.29, 1.82) is 0 Å². The van der Waals surface area contributed by atoms with Crippen LogP contribution in [0.5, 0.6) is 5.75 Å². The molecular formula is C11H13N5O2. The molecule has 0 radical (unpaired) electrons. The molecule has 94 valence electrons. The summed E-state index contributed by atoms with van der Waals surface area (Å²) < 4.78 is 5.14. The monoisotopic (exact) mass is 247 g/mol. The van der Waals surface area contributed by atoms with Crippen molar-refractivity contribution in [2.75, 3.05) is 18.2 Å². The number of methoxy groups -OCH3 is 1. The van der Waals surface area contributed by atoms with Gasteiger partial charge in [0.1, 0.15) is 5.75 Å². The minimum absolute atomic E-state index is 0.0334. The Morgan fingerprint density at radius 1 is 1.50 bits per heavy atom. The van der Waals surface area contributed by atoms with Crippen LogP contribution in [-0.2, 0) is 0 Å². The third-order valence-electron chi connectivity index (χ3n) is 2.37. The Bertz CT molecular complexity index is 579. The van der Waals surface area contributed by atoms with E-state index >= 15 is 0 Å². The normalized spacial score (nSPS) is 10.1. The van der Waals surface area contributed by atoms with Crippen molar-refractivity contribution in [3.05, 3.63) is 29.6 Å². The van der Waals surface area contributed by atoms with Crippen molar-refractivity contribution < 1.29 is 9.53 Å². The van der Waals surface area contributed by atoms with E-state index in [1.54, 1.807) is 25.3 Å². The molecule has 0 aliphatic heterocycles. The number of aromatic nitrogens is 3. The fourth-order valence-electron chi connectivity index (χ4n) is 1.52. The second-order valence-corrected chi connectivity index (χ2v) is 3.68. The predicted molar refractivity (Wildman–Crippen MR) is 66.5 cm³/mol. The number of ether oxygens (including phenoxy) is 1. The quantitative estimate of drug-likeness (QED) is 0.748. The molecule has 1 heterocycles. The fourth-order valence-corrected chi connectivity index (χ4v) is 1.52. The Morgan fingerprint density at radius 3 is 2.83 bits per heavy atom. The fraction of sp³-hybridized carbons (Fsp3) is 0.182. The number of benzene rings is 1. The summed E-state index contributed by atoms with van der Waals surface area (Å²) in [5.41, 5.74) is 6.89. The molecule has 1 aromatic heterocycles. The summed E-state index contributed by atoms with van der Waals surface area (Å²) >= 11 is 0. The molecule has 4 N–H and O–H groups in total. The van der Waals surface area contributed by atoms with E-state index in [4.69, 9.17) is 10.5 Å². The zero-order valence-electron chi connectivity index (χ0n) is 10.0. The van der Waals surface area contributed by atoms with Gasteiger partial charge < -0.3 is 15.8 Å². The van der Waals surface area contributed by atoms with Gasteiger partial charge in [0.2, 0.25) is 11.8 Å². The van der Waals surface area contributed by atoms with Crippen LogP contribution in [0.4, 0.5) is 11.6 Å². The van der Waals surface area contributed by atoms with E-state index in [0.717, 1.165) is 11.3 Å². The number of rotatable bonds is 3. The lowest BCUT2D eigenvalue weighted by atomic mass is 10.2. The van der Waals surface area contributed by atoms with Crippen LogP contribution in [-0.4, -0.2) is 28.2 Å². The van der Waals surface area contributed by atoms with Crippen LogP contribution >= 0.6 is 0 Å². The molecule has 7 heteroatoms. The van der Waals surface area contributed by atoms with Crippen molar-refractivity contribution in [2.45, 2.75) is 6.92 Å². The van der Waals surface area contributed by atoms with Crippen molar-refractivity contribution in [1.82, 2.24) is 15.2 Å². The topological polar surface area (TPSA) is 106 Å². The first-order chi connectivity index (χ1) is 8.60. The molecular weight excluding hydrogens is 234 g/mol. The van der Waals surface area contributed by atoms with Crippen LogP contribution in [0.1, 0.15) is 16.2 Å². The van der Waals surface area contributed by atoms with E-state index in [2.05, 4.69) is 20.5 Å². The number of hydrogen-bond acceptors (Lipinski definition) is 5. The first-order valence-corrected chi connectivity index (χ1v) is 5.24. The predicted octanol–water partition coefficient (Wildman–Crippen LogP) is 0.956. The molecule has 2 aromatic rings. The number of carbonyl (C=O) groups excluding carboxylic acids is 1. The van der Waals surface area contributed by atoms with Crippen LogP contribution in [0.25, 0.3) is 0 Å². The highest BCUT2D eigenvalue weighted by Gasteiger charge is 2.11. The van der Waals surface area contributed by atoms with Crippen molar-refractivity contribution in [3.8, 4) is 5.75 Å². The lowest BCUT2D eigenvalue weighted by Gasteiger charge is -2.07. The lowest BCUT2D eigenvalue weighted by molar-refractivity contribution is 0.101. The molecule has 0 aliphatic carbocycles. The van der Waals surface area contributed by atoms with E-state index in [9.17, 15) is 4.79 Å². The first kappa shape index (κ1) is 11.9. The van der Waals surface area contributed by atoms with Crippen LogP contribution < -0.4 is 15.8 Å². The summed E-state index contributed by atoms with van der Waals surface area (Å²) in [4.78, 5) is 15.5. The molecule has 2 rings (SSSR count). The SMILES string of the molecule is COc1ccc(NC(=O)c2nc(N)n[nH]2)cc1C. The van der Waals surface area contributed by atoms with Gasteiger partial charge in [-0.1, -0.05) is 0 Å². The number of nitrogens with one attached hydrogen (secondary N) is 2. The third kappa shape index (κ3) is 2.40. The highest BCUT2D eigenvalue weighted by Crippen LogP contribution is 2.21. The van der Waals surface area contributed by atoms with Gasteiger partial charge >= 0.3 is 0 Å². The van der Waals surface area contributed by atoms with Crippen molar-refractivity contribution in [2.24, 2.45) is 0 Å². The molecule has 1 amide bonds. The van der Waals surface area contributed by atoms with E-state index in [0.29, 0.717) is 5.69 Å². The average Bonchev–Trinajstić information content (AvgIpc) is 2.76. The number of hydrogen-bond donors (Lipinski definition) is 3. The van der Waals surface area contributed by atoms with E-state index in [1.165, 1.54) is 0 Å². The number of amides is 1. The van der Waals surface area contributed by atoms with Gasteiger partial charge in [-0.05, 0) is 30.7 Å². The van der Waals surface area contributed by atoms with E-state index in [1.807, 2.05) is 6.92 Å². The molecule has 7 nitrogen and oxygen atoms in total. The Hall–Kier alpha value is -2.57. The molecule has 0 atom stereocenters. The van der Waals surface area contributed by atoms with Gasteiger partial charge in [0.05, 0.1) is 7.11 Å². The molecule has 18 heavy (non-hydrogen) atoms. The number of carbonyl (C=O) groups is 1. The largest absolute Gasteiger partial charge is 0.496 e. The third-order valence-corrected chi connectivity index (χ3v) is 2.37. The zero-order valence-corrected chi connectivity index (χ0v) is 10.0. The number of nitrogen functional groups attached to an aromatic ring is 1. The highest BCUT2D eigenvalue weighted by atomic mass is 16.5. The maximum absolute atomic E-state index is 11.8. The maximum Gasteiger partial charge on any atom is 0.293 e. The number of nitrogens with zero attached hydrogens (tertiary/aromatic N) is 2. The summed E-state index contributed by atoms with van der Waals surface area (Å²) in [5, 5.41) is 8.70. The molecule has 0 fully saturated rings. The van der Waals surface area contributed by atoms with Gasteiger partial charge in [-0.15, -0.1) is 5.10 Å². The molecule has 0 saturated heterocycles. The summed E-state index contributed by atoms with van der Waals surface area (Å²) in [5.74, 6) is 0.465. The summed E-state index contributed by atoms with van der Waals surface area (Å²) in [6, 6.07) is 5.32.